The smallest absolute Gasteiger partial charge is 0.228 e. The van der Waals surface area contributed by atoms with E-state index in [1.807, 2.05) is 36.4 Å². The molecule has 0 fully saturated rings. The fourth-order valence-corrected chi connectivity index (χ4v) is 3.82. The topological polar surface area (TPSA) is 78.3 Å². The zero-order valence-corrected chi connectivity index (χ0v) is 17.4. The van der Waals surface area contributed by atoms with E-state index >= 15 is 0 Å². The first-order chi connectivity index (χ1) is 14.7. The van der Waals surface area contributed by atoms with Crippen molar-refractivity contribution in [1.29, 1.82) is 0 Å². The monoisotopic (exact) mass is 406 g/mol. The molecule has 1 amide bonds. The number of amides is 1. The van der Waals surface area contributed by atoms with Crippen LogP contribution >= 0.6 is 0 Å². The van der Waals surface area contributed by atoms with Gasteiger partial charge in [0.2, 0.25) is 5.91 Å². The molecule has 156 valence electrons. The second-order valence-electron chi connectivity index (χ2n) is 7.40. The Hall–Kier alpha value is -3.35. The number of ether oxygens (including phenoxy) is 2. The molecule has 1 aliphatic rings. The first-order valence-electron chi connectivity index (χ1n) is 10.2. The van der Waals surface area contributed by atoms with E-state index in [0.717, 1.165) is 54.3 Å². The van der Waals surface area contributed by atoms with Crippen LogP contribution in [0.4, 0.5) is 5.69 Å². The number of rotatable bonds is 6. The number of fused-ring (bicyclic) bond motifs is 1. The Morgan fingerprint density at radius 1 is 1.03 bits per heavy atom. The van der Waals surface area contributed by atoms with Crippen LogP contribution in [0.2, 0.25) is 0 Å². The molecule has 1 aliphatic heterocycles. The van der Waals surface area contributed by atoms with E-state index in [-0.39, 0.29) is 12.3 Å². The number of carbonyl (C=O) groups is 1. The number of carbonyl (C=O) groups excluding carboxylic acids is 1. The van der Waals surface area contributed by atoms with Gasteiger partial charge >= 0.3 is 0 Å². The summed E-state index contributed by atoms with van der Waals surface area (Å²) in [4.78, 5) is 12.6. The number of benzene rings is 2. The van der Waals surface area contributed by atoms with Gasteiger partial charge in [-0.25, -0.2) is 0 Å². The Morgan fingerprint density at radius 2 is 1.90 bits per heavy atom. The van der Waals surface area contributed by atoms with Crippen LogP contribution in [-0.4, -0.2) is 34.9 Å². The van der Waals surface area contributed by atoms with Gasteiger partial charge in [0, 0.05) is 24.2 Å². The third kappa shape index (κ3) is 4.30. The molecule has 0 aliphatic carbocycles. The number of nitrogens with one attached hydrogen (secondary N) is 1. The fourth-order valence-electron chi connectivity index (χ4n) is 3.82. The van der Waals surface area contributed by atoms with Gasteiger partial charge in [-0.15, -0.1) is 10.2 Å². The summed E-state index contributed by atoms with van der Waals surface area (Å²) in [6.45, 7) is 0.938. The summed E-state index contributed by atoms with van der Waals surface area (Å²) >= 11 is 0. The van der Waals surface area contributed by atoms with Crippen LogP contribution in [0, 0.1) is 0 Å². The molecule has 0 unspecified atom stereocenters. The molecule has 4 rings (SSSR count). The fraction of sp³-hybridized carbons (Fsp3) is 0.348. The molecule has 30 heavy (non-hydrogen) atoms. The zero-order valence-electron chi connectivity index (χ0n) is 17.4. The van der Waals surface area contributed by atoms with Crippen molar-refractivity contribution in [3.8, 4) is 22.9 Å². The second kappa shape index (κ2) is 8.98. The van der Waals surface area contributed by atoms with Crippen molar-refractivity contribution in [2.45, 2.75) is 38.6 Å². The van der Waals surface area contributed by atoms with Crippen LogP contribution in [0.25, 0.3) is 11.4 Å². The van der Waals surface area contributed by atoms with Gasteiger partial charge in [0.05, 0.1) is 20.6 Å². The number of hydrogen-bond acceptors (Lipinski definition) is 5. The summed E-state index contributed by atoms with van der Waals surface area (Å²) in [5.74, 6) is 3.06. The Labute approximate surface area is 176 Å². The third-order valence-electron chi connectivity index (χ3n) is 5.33. The van der Waals surface area contributed by atoms with Crippen molar-refractivity contribution in [2.75, 3.05) is 19.5 Å². The highest BCUT2D eigenvalue weighted by atomic mass is 16.5. The highest BCUT2D eigenvalue weighted by Gasteiger charge is 2.16. The summed E-state index contributed by atoms with van der Waals surface area (Å²) < 4.78 is 12.8. The van der Waals surface area contributed by atoms with Gasteiger partial charge in [-0.05, 0) is 42.7 Å². The number of methoxy groups -OCH3 is 2. The third-order valence-corrected chi connectivity index (χ3v) is 5.33. The van der Waals surface area contributed by atoms with Gasteiger partial charge in [0.15, 0.2) is 17.3 Å². The first-order valence-corrected chi connectivity index (χ1v) is 10.2. The predicted molar refractivity (Wildman–Crippen MR) is 115 cm³/mol. The van der Waals surface area contributed by atoms with E-state index in [4.69, 9.17) is 9.47 Å². The summed E-state index contributed by atoms with van der Waals surface area (Å²) in [5.41, 5.74) is 2.55. The number of hydrogen-bond donors (Lipinski definition) is 1. The SMILES string of the molecule is COc1ccc(CC(=O)Nc2cccc(-c3nnc4n3CCCCC4)c2)cc1OC. The van der Waals surface area contributed by atoms with E-state index in [9.17, 15) is 4.79 Å². The zero-order chi connectivity index (χ0) is 20.9. The maximum absolute atomic E-state index is 12.6. The first kappa shape index (κ1) is 19.9. The molecule has 2 heterocycles. The molecule has 7 heteroatoms. The lowest BCUT2D eigenvalue weighted by molar-refractivity contribution is -0.115. The molecule has 7 nitrogen and oxygen atoms in total. The van der Waals surface area contributed by atoms with Crippen LogP contribution in [-0.2, 0) is 24.2 Å². The van der Waals surface area contributed by atoms with E-state index < -0.39 is 0 Å². The average Bonchev–Trinajstić information content (AvgIpc) is 3.02. The van der Waals surface area contributed by atoms with Gasteiger partial charge in [-0.2, -0.15) is 0 Å². The summed E-state index contributed by atoms with van der Waals surface area (Å²) in [6.07, 6.45) is 4.72. The van der Waals surface area contributed by atoms with Crippen LogP contribution in [0.3, 0.4) is 0 Å². The molecule has 2 aromatic carbocycles. The largest absolute Gasteiger partial charge is 0.493 e. The number of nitrogens with zero attached hydrogens (tertiary/aromatic N) is 3. The number of anilines is 1. The lowest BCUT2D eigenvalue weighted by Crippen LogP contribution is -2.14. The van der Waals surface area contributed by atoms with Crippen LogP contribution < -0.4 is 14.8 Å². The molecule has 0 radical (unpaired) electrons. The molecule has 0 atom stereocenters. The van der Waals surface area contributed by atoms with Crippen LogP contribution in [0.15, 0.2) is 42.5 Å². The van der Waals surface area contributed by atoms with Gasteiger partial charge in [-0.1, -0.05) is 24.6 Å². The van der Waals surface area contributed by atoms with E-state index in [1.54, 1.807) is 20.3 Å². The van der Waals surface area contributed by atoms with Gasteiger partial charge < -0.3 is 19.4 Å². The average molecular weight is 406 g/mol. The Morgan fingerprint density at radius 3 is 2.73 bits per heavy atom. The quantitative estimate of drug-likeness (QED) is 0.672. The molecule has 0 saturated heterocycles. The molecule has 0 spiro atoms. The highest BCUT2D eigenvalue weighted by molar-refractivity contribution is 5.92. The van der Waals surface area contributed by atoms with Crippen molar-refractivity contribution in [3.05, 3.63) is 53.9 Å². The van der Waals surface area contributed by atoms with E-state index in [2.05, 4.69) is 20.1 Å². The van der Waals surface area contributed by atoms with Crippen molar-refractivity contribution < 1.29 is 14.3 Å². The maximum atomic E-state index is 12.6. The molecule has 0 bridgehead atoms. The lowest BCUT2D eigenvalue weighted by Gasteiger charge is -2.11. The minimum atomic E-state index is -0.0977. The van der Waals surface area contributed by atoms with E-state index in [0.29, 0.717) is 11.5 Å². The summed E-state index contributed by atoms with van der Waals surface area (Å²) in [7, 11) is 3.17. The Bertz CT molecular complexity index is 1040. The molecule has 0 saturated carbocycles. The molecular formula is C23H26N4O3. The second-order valence-corrected chi connectivity index (χ2v) is 7.40. The van der Waals surface area contributed by atoms with Crippen molar-refractivity contribution >= 4 is 11.6 Å². The predicted octanol–water partition coefficient (Wildman–Crippen LogP) is 3.87. The molecule has 1 N–H and O–H groups in total. The standard InChI is InChI=1S/C23H26N4O3/c1-29-19-11-10-16(13-20(19)30-2)14-22(28)24-18-8-6-7-17(15-18)23-26-25-21-9-4-3-5-12-27(21)23/h6-8,10-11,13,15H,3-5,9,12,14H2,1-2H3,(H,24,28). The van der Waals surface area contributed by atoms with Crippen molar-refractivity contribution in [3.63, 3.8) is 0 Å². The normalized spacial score (nSPS) is 13.3. The van der Waals surface area contributed by atoms with Gasteiger partial charge in [0.1, 0.15) is 5.82 Å². The van der Waals surface area contributed by atoms with Crippen molar-refractivity contribution in [2.24, 2.45) is 0 Å². The highest BCUT2D eigenvalue weighted by Crippen LogP contribution is 2.28. The van der Waals surface area contributed by atoms with Crippen LogP contribution in [0.5, 0.6) is 11.5 Å². The summed E-state index contributed by atoms with van der Waals surface area (Å²) in [5, 5.41) is 11.8. The number of aryl methyl sites for hydroxylation is 1. The van der Waals surface area contributed by atoms with Crippen molar-refractivity contribution in [1.82, 2.24) is 14.8 Å². The lowest BCUT2D eigenvalue weighted by atomic mass is 10.1. The molecule has 3 aromatic rings. The summed E-state index contributed by atoms with van der Waals surface area (Å²) in [6, 6.07) is 13.3. The molecule has 1 aromatic heterocycles. The van der Waals surface area contributed by atoms with Gasteiger partial charge in [-0.3, -0.25) is 4.79 Å². The molecular weight excluding hydrogens is 380 g/mol. The number of aromatic nitrogens is 3. The minimum Gasteiger partial charge on any atom is -0.493 e. The maximum Gasteiger partial charge on any atom is 0.228 e. The Balaban J connectivity index is 1.49. The Kier molecular flexibility index (Phi) is 5.97. The van der Waals surface area contributed by atoms with Gasteiger partial charge in [0.25, 0.3) is 0 Å². The minimum absolute atomic E-state index is 0.0977. The van der Waals surface area contributed by atoms with E-state index in [1.165, 1.54) is 6.42 Å². The van der Waals surface area contributed by atoms with Crippen LogP contribution in [0.1, 0.15) is 30.7 Å².